The topological polar surface area (TPSA) is 114 Å². The lowest BCUT2D eigenvalue weighted by Crippen LogP contribution is -2.47. The lowest BCUT2D eigenvalue weighted by molar-refractivity contribution is -0.133. The molecule has 1 unspecified atom stereocenters. The molecule has 142 valence electrons. The number of nitrogens with one attached hydrogen (secondary N) is 3. The summed E-state index contributed by atoms with van der Waals surface area (Å²) in [5.41, 5.74) is 1.03. The van der Waals surface area contributed by atoms with E-state index in [-0.39, 0.29) is 24.0 Å². The standard InChI is InChI=1S/C16H20FN3O5S/c17-26(23,24)25-14-9-11(19-13-3-4-15(21)20-16(13)22)1-2-12(14)10-5-7-18-8-6-10/h1-2,9-10,13,18-19H,3-8H2,(H,20,21,22). The van der Waals surface area contributed by atoms with E-state index in [9.17, 15) is 21.9 Å². The van der Waals surface area contributed by atoms with Gasteiger partial charge in [0.25, 0.3) is 0 Å². The first-order valence-electron chi connectivity index (χ1n) is 8.41. The molecule has 8 nitrogen and oxygen atoms in total. The molecule has 3 N–H and O–H groups in total. The highest BCUT2D eigenvalue weighted by molar-refractivity contribution is 7.81. The van der Waals surface area contributed by atoms with Crippen LogP contribution in [0.25, 0.3) is 0 Å². The average molecular weight is 385 g/mol. The van der Waals surface area contributed by atoms with E-state index >= 15 is 0 Å². The van der Waals surface area contributed by atoms with Crippen LogP contribution in [0.2, 0.25) is 0 Å². The van der Waals surface area contributed by atoms with Crippen molar-refractivity contribution in [1.82, 2.24) is 10.6 Å². The Bertz CT molecular complexity index is 808. The van der Waals surface area contributed by atoms with E-state index < -0.39 is 22.5 Å². The number of hydrogen-bond donors (Lipinski definition) is 3. The van der Waals surface area contributed by atoms with Crippen LogP contribution in [-0.4, -0.2) is 39.4 Å². The van der Waals surface area contributed by atoms with Crippen molar-refractivity contribution in [3.05, 3.63) is 23.8 Å². The zero-order valence-electron chi connectivity index (χ0n) is 14.0. The van der Waals surface area contributed by atoms with Gasteiger partial charge in [-0.15, -0.1) is 0 Å². The minimum Gasteiger partial charge on any atom is -0.374 e. The Labute approximate surface area is 150 Å². The molecule has 2 saturated heterocycles. The second kappa shape index (κ2) is 7.58. The lowest BCUT2D eigenvalue weighted by atomic mass is 9.89. The Hall–Kier alpha value is -2.20. The van der Waals surface area contributed by atoms with Crippen LogP contribution < -0.4 is 20.1 Å². The average Bonchev–Trinajstić information content (AvgIpc) is 2.57. The van der Waals surface area contributed by atoms with Crippen molar-refractivity contribution in [2.24, 2.45) is 0 Å². The van der Waals surface area contributed by atoms with Crippen molar-refractivity contribution in [3.63, 3.8) is 0 Å². The Morgan fingerprint density at radius 2 is 1.88 bits per heavy atom. The van der Waals surface area contributed by atoms with Crippen LogP contribution >= 0.6 is 0 Å². The van der Waals surface area contributed by atoms with Gasteiger partial charge in [0.05, 0.1) is 0 Å². The van der Waals surface area contributed by atoms with Crippen molar-refractivity contribution in [1.29, 1.82) is 0 Å². The highest BCUT2D eigenvalue weighted by Gasteiger charge is 2.27. The van der Waals surface area contributed by atoms with Gasteiger partial charge in [-0.1, -0.05) is 9.95 Å². The highest BCUT2D eigenvalue weighted by Crippen LogP contribution is 2.35. The van der Waals surface area contributed by atoms with Crippen LogP contribution in [0.1, 0.15) is 37.2 Å². The smallest absolute Gasteiger partial charge is 0.374 e. The summed E-state index contributed by atoms with van der Waals surface area (Å²) in [7, 11) is -5.17. The van der Waals surface area contributed by atoms with Gasteiger partial charge in [-0.3, -0.25) is 14.9 Å². The maximum absolute atomic E-state index is 13.1. The van der Waals surface area contributed by atoms with E-state index in [1.807, 2.05) is 0 Å². The number of imide groups is 1. The quantitative estimate of drug-likeness (QED) is 0.511. The number of piperidine rings is 2. The Morgan fingerprint density at radius 3 is 2.54 bits per heavy atom. The second-order valence-electron chi connectivity index (χ2n) is 6.40. The summed E-state index contributed by atoms with van der Waals surface area (Å²) in [5.74, 6) is -0.819. The van der Waals surface area contributed by atoms with Gasteiger partial charge in [0.15, 0.2) is 5.75 Å². The third kappa shape index (κ3) is 4.70. The minimum absolute atomic E-state index is 0.0534. The fourth-order valence-electron chi connectivity index (χ4n) is 3.31. The van der Waals surface area contributed by atoms with Gasteiger partial charge in [0.1, 0.15) is 6.04 Å². The number of benzene rings is 1. The first-order valence-corrected chi connectivity index (χ1v) is 9.71. The van der Waals surface area contributed by atoms with Gasteiger partial charge in [-0.2, -0.15) is 8.42 Å². The van der Waals surface area contributed by atoms with Crippen molar-refractivity contribution in [3.8, 4) is 5.75 Å². The molecule has 0 aliphatic carbocycles. The molecule has 2 aliphatic heterocycles. The third-order valence-electron chi connectivity index (χ3n) is 4.56. The normalized spacial score (nSPS) is 22.0. The molecule has 10 heteroatoms. The fourth-order valence-corrected chi connectivity index (χ4v) is 3.67. The number of halogens is 1. The molecular formula is C16H20FN3O5S. The monoisotopic (exact) mass is 385 g/mol. The molecule has 1 aromatic rings. The first kappa shape index (κ1) is 18.6. The van der Waals surface area contributed by atoms with E-state index in [0.29, 0.717) is 17.7 Å². The van der Waals surface area contributed by atoms with Gasteiger partial charge >= 0.3 is 10.5 Å². The molecular weight excluding hydrogens is 365 g/mol. The molecule has 2 fully saturated rings. The van der Waals surface area contributed by atoms with Crippen LogP contribution in [0.5, 0.6) is 5.75 Å². The van der Waals surface area contributed by atoms with E-state index in [2.05, 4.69) is 20.1 Å². The Kier molecular flexibility index (Phi) is 5.42. The maximum Gasteiger partial charge on any atom is 0.488 e. The van der Waals surface area contributed by atoms with Crippen LogP contribution in [0, 0.1) is 0 Å². The fraction of sp³-hybridized carbons (Fsp3) is 0.500. The minimum atomic E-state index is -5.17. The van der Waals surface area contributed by atoms with Gasteiger partial charge in [-0.05, 0) is 49.9 Å². The molecule has 3 rings (SSSR count). The van der Waals surface area contributed by atoms with Crippen LogP contribution in [-0.2, 0) is 20.1 Å². The summed E-state index contributed by atoms with van der Waals surface area (Å²) in [5, 5.41) is 8.37. The van der Waals surface area contributed by atoms with E-state index in [1.165, 1.54) is 6.07 Å². The molecule has 1 aromatic carbocycles. The SMILES string of the molecule is O=C1CCC(Nc2ccc(C3CCNCC3)c(OS(=O)(=O)F)c2)C(=O)N1. The number of anilines is 1. The largest absolute Gasteiger partial charge is 0.488 e. The lowest BCUT2D eigenvalue weighted by Gasteiger charge is -2.26. The molecule has 2 amide bonds. The van der Waals surface area contributed by atoms with Gasteiger partial charge in [-0.25, -0.2) is 0 Å². The predicted octanol–water partition coefficient (Wildman–Crippen LogP) is 0.964. The Morgan fingerprint density at radius 1 is 1.15 bits per heavy atom. The van der Waals surface area contributed by atoms with Crippen molar-refractivity contribution in [2.45, 2.75) is 37.6 Å². The summed E-state index contributed by atoms with van der Waals surface area (Å²) in [6.07, 6.45) is 2.09. The molecule has 0 saturated carbocycles. The third-order valence-corrected chi connectivity index (χ3v) is 4.94. The zero-order valence-corrected chi connectivity index (χ0v) is 14.8. The van der Waals surface area contributed by atoms with Crippen LogP contribution in [0.15, 0.2) is 18.2 Å². The number of carbonyl (C=O) groups is 2. The number of rotatable bonds is 5. The molecule has 0 radical (unpaired) electrons. The van der Waals surface area contributed by atoms with E-state index in [0.717, 1.165) is 25.9 Å². The number of amides is 2. The van der Waals surface area contributed by atoms with Crippen molar-refractivity contribution < 1.29 is 26.1 Å². The van der Waals surface area contributed by atoms with Gasteiger partial charge in [0, 0.05) is 18.2 Å². The number of hydrogen-bond acceptors (Lipinski definition) is 7. The second-order valence-corrected chi connectivity index (χ2v) is 7.35. The van der Waals surface area contributed by atoms with E-state index in [4.69, 9.17) is 0 Å². The summed E-state index contributed by atoms with van der Waals surface area (Å²) in [6.45, 7) is 1.56. The summed E-state index contributed by atoms with van der Waals surface area (Å²) < 4.78 is 39.7. The molecule has 1 atom stereocenters. The molecule has 2 aliphatic rings. The molecule has 0 bridgehead atoms. The predicted molar refractivity (Wildman–Crippen MR) is 91.7 cm³/mol. The van der Waals surface area contributed by atoms with E-state index in [1.54, 1.807) is 12.1 Å². The maximum atomic E-state index is 13.1. The first-order chi connectivity index (χ1) is 12.3. The van der Waals surface area contributed by atoms with Gasteiger partial charge < -0.3 is 14.8 Å². The van der Waals surface area contributed by atoms with Crippen molar-refractivity contribution in [2.75, 3.05) is 18.4 Å². The number of carbonyl (C=O) groups excluding carboxylic acids is 2. The molecule has 2 heterocycles. The van der Waals surface area contributed by atoms with Crippen LogP contribution in [0.3, 0.4) is 0 Å². The Balaban J connectivity index is 1.84. The highest BCUT2D eigenvalue weighted by atomic mass is 32.3. The summed E-state index contributed by atoms with van der Waals surface area (Å²) >= 11 is 0. The van der Waals surface area contributed by atoms with Gasteiger partial charge in [0.2, 0.25) is 11.8 Å². The molecule has 0 spiro atoms. The molecule has 0 aromatic heterocycles. The zero-order chi connectivity index (χ0) is 18.7. The van der Waals surface area contributed by atoms with Crippen molar-refractivity contribution >= 4 is 28.0 Å². The summed E-state index contributed by atoms with van der Waals surface area (Å²) in [4.78, 5) is 23.1. The molecule has 26 heavy (non-hydrogen) atoms. The summed E-state index contributed by atoms with van der Waals surface area (Å²) in [6, 6.07) is 4.12. The van der Waals surface area contributed by atoms with Crippen LogP contribution in [0.4, 0.5) is 9.57 Å².